The van der Waals surface area contributed by atoms with E-state index < -0.39 is 0 Å². The van der Waals surface area contributed by atoms with Crippen LogP contribution in [0.1, 0.15) is 98.8 Å². The molecule has 0 amide bonds. The number of methoxy groups -OCH3 is 2. The summed E-state index contributed by atoms with van der Waals surface area (Å²) in [5.74, 6) is 5.38. The largest absolute Gasteiger partial charge is 0.438 e. The number of carbonyl (C=O) groups excluding carboxylic acids is 1. The molecular formula is C31H54O5. The Bertz CT molecular complexity index is 740. The van der Waals surface area contributed by atoms with Crippen LogP contribution in [0.5, 0.6) is 0 Å². The second-order valence-electron chi connectivity index (χ2n) is 13.6. The summed E-state index contributed by atoms with van der Waals surface area (Å²) in [6.07, 6.45) is 12.3. The molecule has 5 heteroatoms. The molecule has 4 rings (SSSR count). The zero-order chi connectivity index (χ0) is 26.1. The highest BCUT2D eigenvalue weighted by Crippen LogP contribution is 2.70. The minimum Gasteiger partial charge on any atom is -0.438 e. The molecular weight excluding hydrogens is 452 g/mol. The van der Waals surface area contributed by atoms with Gasteiger partial charge in [0.15, 0.2) is 6.79 Å². The lowest BCUT2D eigenvalue weighted by atomic mass is 9.41. The summed E-state index contributed by atoms with van der Waals surface area (Å²) in [4.78, 5) is 12.1. The first-order chi connectivity index (χ1) is 17.2. The number of carbonyl (C=O) groups is 1. The maximum atomic E-state index is 12.1. The highest BCUT2D eigenvalue weighted by atomic mass is 16.7. The zero-order valence-corrected chi connectivity index (χ0v) is 24.2. The maximum Gasteiger partial charge on any atom is 0.307 e. The predicted octanol–water partition coefficient (Wildman–Crippen LogP) is 7.08. The highest BCUT2D eigenvalue weighted by molar-refractivity contribution is 5.69. The van der Waals surface area contributed by atoms with Gasteiger partial charge >= 0.3 is 5.97 Å². The van der Waals surface area contributed by atoms with Crippen molar-refractivity contribution < 1.29 is 23.7 Å². The van der Waals surface area contributed by atoms with Crippen molar-refractivity contribution in [2.75, 3.05) is 27.8 Å². The van der Waals surface area contributed by atoms with Crippen LogP contribution in [0.15, 0.2) is 0 Å². The van der Waals surface area contributed by atoms with Crippen molar-refractivity contribution in [3.05, 3.63) is 0 Å². The lowest BCUT2D eigenvalue weighted by Crippen LogP contribution is -2.62. The van der Waals surface area contributed by atoms with Gasteiger partial charge in [0, 0.05) is 20.6 Å². The molecule has 0 aliphatic heterocycles. The first-order valence-electron chi connectivity index (χ1n) is 15.0. The van der Waals surface area contributed by atoms with Gasteiger partial charge in [-0.2, -0.15) is 0 Å². The van der Waals surface area contributed by atoms with Crippen LogP contribution in [0.25, 0.3) is 0 Å². The van der Waals surface area contributed by atoms with E-state index in [1.165, 1.54) is 51.4 Å². The third kappa shape index (κ3) is 5.02. The van der Waals surface area contributed by atoms with Crippen molar-refractivity contribution in [1.29, 1.82) is 0 Å². The molecule has 0 spiro atoms. The fourth-order valence-electron chi connectivity index (χ4n) is 10.2. The Hall–Kier alpha value is -0.650. The molecule has 5 nitrogen and oxygen atoms in total. The lowest BCUT2D eigenvalue weighted by molar-refractivity contribution is -0.231. The summed E-state index contributed by atoms with van der Waals surface area (Å²) in [6, 6.07) is 0. The zero-order valence-electron chi connectivity index (χ0n) is 24.2. The fourth-order valence-corrected chi connectivity index (χ4v) is 10.2. The molecule has 4 fully saturated rings. The molecule has 11 atom stereocenters. The summed E-state index contributed by atoms with van der Waals surface area (Å²) in [5.41, 5.74) is 0.774. The monoisotopic (exact) mass is 506 g/mol. The summed E-state index contributed by atoms with van der Waals surface area (Å²) in [5, 5.41) is 0. The summed E-state index contributed by atoms with van der Waals surface area (Å²) in [7, 11) is 3.32. The van der Waals surface area contributed by atoms with E-state index in [1.807, 2.05) is 0 Å². The first-order valence-corrected chi connectivity index (χ1v) is 15.0. The van der Waals surface area contributed by atoms with Gasteiger partial charge in [-0.15, -0.1) is 0 Å². The Morgan fingerprint density at radius 3 is 2.33 bits per heavy atom. The van der Waals surface area contributed by atoms with Crippen LogP contribution in [-0.2, 0) is 23.7 Å². The van der Waals surface area contributed by atoms with E-state index in [0.717, 1.165) is 24.2 Å². The molecule has 0 saturated heterocycles. The molecule has 0 radical (unpaired) electrons. The topological polar surface area (TPSA) is 54.0 Å². The second kappa shape index (κ2) is 11.6. The lowest BCUT2D eigenvalue weighted by Gasteiger charge is -2.65. The predicted molar refractivity (Wildman–Crippen MR) is 142 cm³/mol. The molecule has 208 valence electrons. The Morgan fingerprint density at radius 1 is 0.944 bits per heavy atom. The van der Waals surface area contributed by atoms with E-state index in [0.29, 0.717) is 59.7 Å². The van der Waals surface area contributed by atoms with E-state index in [1.54, 1.807) is 14.2 Å². The number of hydrogen-bond acceptors (Lipinski definition) is 5. The molecule has 36 heavy (non-hydrogen) atoms. The number of hydrogen-bond donors (Lipinski definition) is 0. The van der Waals surface area contributed by atoms with Crippen LogP contribution < -0.4 is 0 Å². The van der Waals surface area contributed by atoms with Gasteiger partial charge < -0.3 is 18.9 Å². The van der Waals surface area contributed by atoms with E-state index in [9.17, 15) is 4.79 Å². The molecule has 0 N–H and O–H groups in total. The van der Waals surface area contributed by atoms with Gasteiger partial charge in [0.25, 0.3) is 0 Å². The SMILES string of the molecule is CC[C@H]1C(OCOC)C2C3CC[C@H]([C@H](C)CCC(=O)OCOC)[C@@]3(C)CCC2[C@@]2(C)CC[C@@H](C)C[C@@H]12. The number of rotatable bonds is 10. The highest BCUT2D eigenvalue weighted by Gasteiger charge is 2.65. The minimum atomic E-state index is -0.135. The molecule has 0 bridgehead atoms. The van der Waals surface area contributed by atoms with Gasteiger partial charge in [-0.1, -0.05) is 47.5 Å². The average Bonchev–Trinajstić information content (AvgIpc) is 3.22. The van der Waals surface area contributed by atoms with Crippen molar-refractivity contribution in [1.82, 2.24) is 0 Å². The van der Waals surface area contributed by atoms with Crippen LogP contribution in [0.2, 0.25) is 0 Å². The average molecular weight is 507 g/mol. The normalized spacial score (nSPS) is 44.9. The van der Waals surface area contributed by atoms with Gasteiger partial charge in [-0.25, -0.2) is 0 Å². The second-order valence-corrected chi connectivity index (χ2v) is 13.6. The summed E-state index contributed by atoms with van der Waals surface area (Å²) < 4.78 is 22.3. The van der Waals surface area contributed by atoms with Gasteiger partial charge in [-0.3, -0.25) is 4.79 Å². The molecule has 0 heterocycles. The van der Waals surface area contributed by atoms with Gasteiger partial charge in [0.1, 0.15) is 6.79 Å². The van der Waals surface area contributed by atoms with Crippen molar-refractivity contribution in [2.24, 2.45) is 58.2 Å². The third-order valence-corrected chi connectivity index (χ3v) is 11.9. The van der Waals surface area contributed by atoms with E-state index in [-0.39, 0.29) is 12.8 Å². The van der Waals surface area contributed by atoms with Crippen molar-refractivity contribution >= 4 is 5.97 Å². The molecule has 0 aromatic rings. The molecule has 4 aliphatic rings. The van der Waals surface area contributed by atoms with Gasteiger partial charge in [-0.05, 0) is 103 Å². The number of esters is 1. The van der Waals surface area contributed by atoms with E-state index in [4.69, 9.17) is 18.9 Å². The fraction of sp³-hybridized carbons (Fsp3) is 0.968. The minimum absolute atomic E-state index is 0.0551. The van der Waals surface area contributed by atoms with Crippen molar-refractivity contribution in [3.63, 3.8) is 0 Å². The Balaban J connectivity index is 1.57. The standard InChI is InChI=1S/C31H54O5/c1-8-22-26-17-20(2)13-15-31(26,5)25-14-16-30(4)23(21(3)9-12-27(32)35-18-33-6)10-11-24(30)28(25)29(22)36-19-34-7/h20-26,28-29H,8-19H2,1-7H3/t20-,21-,22-,23-,24?,25?,26+,28?,29?,30-,31-/m1/s1. The maximum absolute atomic E-state index is 12.1. The Kier molecular flexibility index (Phi) is 9.15. The molecule has 4 unspecified atom stereocenters. The molecule has 0 aromatic carbocycles. The van der Waals surface area contributed by atoms with Crippen molar-refractivity contribution in [3.8, 4) is 0 Å². The third-order valence-electron chi connectivity index (χ3n) is 11.9. The van der Waals surface area contributed by atoms with Crippen molar-refractivity contribution in [2.45, 2.75) is 105 Å². The van der Waals surface area contributed by atoms with Gasteiger partial charge in [0.2, 0.25) is 0 Å². The smallest absolute Gasteiger partial charge is 0.307 e. The van der Waals surface area contributed by atoms with E-state index in [2.05, 4.69) is 34.6 Å². The molecule has 0 aromatic heterocycles. The van der Waals surface area contributed by atoms with Crippen LogP contribution in [0.3, 0.4) is 0 Å². The van der Waals surface area contributed by atoms with Crippen LogP contribution in [0, 0.1) is 58.2 Å². The summed E-state index contributed by atoms with van der Waals surface area (Å²) >= 11 is 0. The number of fused-ring (bicyclic) bond motifs is 5. The molecule has 4 saturated carbocycles. The van der Waals surface area contributed by atoms with Crippen LogP contribution in [0.4, 0.5) is 0 Å². The summed E-state index contributed by atoms with van der Waals surface area (Å²) in [6.45, 7) is 13.0. The van der Waals surface area contributed by atoms with Gasteiger partial charge in [0.05, 0.1) is 6.10 Å². The Morgan fingerprint density at radius 2 is 1.64 bits per heavy atom. The quantitative estimate of drug-likeness (QED) is 0.234. The van der Waals surface area contributed by atoms with Crippen LogP contribution >= 0.6 is 0 Å². The molecule has 4 aliphatic carbocycles. The first kappa shape index (κ1) is 28.4. The Labute approximate surface area is 220 Å². The number of ether oxygens (including phenoxy) is 4. The van der Waals surface area contributed by atoms with Crippen LogP contribution in [-0.4, -0.2) is 39.9 Å². The van der Waals surface area contributed by atoms with E-state index >= 15 is 0 Å².